The van der Waals surface area contributed by atoms with Crippen molar-refractivity contribution in [3.63, 3.8) is 0 Å². The van der Waals surface area contributed by atoms with Gasteiger partial charge in [0.2, 0.25) is 0 Å². The van der Waals surface area contributed by atoms with Gasteiger partial charge < -0.3 is 14.5 Å². The molecule has 0 amide bonds. The van der Waals surface area contributed by atoms with Crippen LogP contribution in [0.2, 0.25) is 0 Å². The number of nitrogens with zero attached hydrogens (tertiary/aromatic N) is 2. The number of para-hydroxylation sites is 1. The SMILES string of the molecule is Cc1cccc(C[C@@]2(C(c3ccc(N(C)C)cc3)c3ccc(N(C)C)cc3)C(=O)Oc3ccccc32)c1. The third-order valence-electron chi connectivity index (χ3n) is 7.48. The first-order valence-electron chi connectivity index (χ1n) is 12.7. The van der Waals surface area contributed by atoms with Crippen molar-refractivity contribution < 1.29 is 9.53 Å². The molecule has 1 aliphatic rings. The van der Waals surface area contributed by atoms with Gasteiger partial charge in [-0.1, -0.05) is 72.3 Å². The van der Waals surface area contributed by atoms with Gasteiger partial charge in [0.15, 0.2) is 0 Å². The number of carbonyl (C=O) groups is 1. The molecule has 0 fully saturated rings. The van der Waals surface area contributed by atoms with Crippen LogP contribution in [0.1, 0.15) is 33.7 Å². The van der Waals surface area contributed by atoms with Gasteiger partial charge in [0.1, 0.15) is 11.2 Å². The first-order chi connectivity index (χ1) is 17.8. The molecule has 0 saturated heterocycles. The Kier molecular flexibility index (Phi) is 6.51. The fourth-order valence-corrected chi connectivity index (χ4v) is 5.60. The van der Waals surface area contributed by atoms with Gasteiger partial charge >= 0.3 is 5.97 Å². The Balaban J connectivity index is 1.76. The molecule has 0 N–H and O–H groups in total. The zero-order chi connectivity index (χ0) is 26.2. The lowest BCUT2D eigenvalue weighted by molar-refractivity contribution is -0.138. The number of ether oxygens (including phenoxy) is 1. The van der Waals surface area contributed by atoms with E-state index in [1.165, 1.54) is 5.56 Å². The maximum Gasteiger partial charge on any atom is 0.323 e. The molecule has 5 rings (SSSR count). The molecule has 4 aromatic carbocycles. The van der Waals surface area contributed by atoms with Crippen LogP contribution in [0, 0.1) is 6.92 Å². The lowest BCUT2D eigenvalue weighted by atomic mass is 9.62. The summed E-state index contributed by atoms with van der Waals surface area (Å²) in [6.07, 6.45) is 0.542. The zero-order valence-corrected chi connectivity index (χ0v) is 22.2. The number of carbonyl (C=O) groups excluding carboxylic acids is 1. The summed E-state index contributed by atoms with van der Waals surface area (Å²) in [5, 5.41) is 0. The molecular weight excluding hydrogens is 456 g/mol. The molecular formula is C33H34N2O2. The van der Waals surface area contributed by atoms with Crippen LogP contribution < -0.4 is 14.5 Å². The summed E-state index contributed by atoms with van der Waals surface area (Å²) in [5.41, 5.74) is 6.74. The van der Waals surface area contributed by atoms with Gasteiger partial charge in [-0.2, -0.15) is 0 Å². The van der Waals surface area contributed by atoms with E-state index in [9.17, 15) is 4.79 Å². The quantitative estimate of drug-likeness (QED) is 0.223. The predicted molar refractivity (Wildman–Crippen MR) is 152 cm³/mol. The summed E-state index contributed by atoms with van der Waals surface area (Å²) < 4.78 is 6.02. The Hall–Kier alpha value is -4.05. The molecule has 4 nitrogen and oxygen atoms in total. The third kappa shape index (κ3) is 4.48. The monoisotopic (exact) mass is 490 g/mol. The Morgan fingerprint density at radius 2 is 1.30 bits per heavy atom. The average molecular weight is 491 g/mol. The highest BCUT2D eigenvalue weighted by molar-refractivity contribution is 5.93. The molecule has 0 saturated carbocycles. The molecule has 4 aromatic rings. The summed E-state index contributed by atoms with van der Waals surface area (Å²) >= 11 is 0. The van der Waals surface area contributed by atoms with Crippen LogP contribution in [-0.2, 0) is 16.6 Å². The molecule has 0 aliphatic carbocycles. The molecule has 1 aliphatic heterocycles. The molecule has 0 radical (unpaired) electrons. The molecule has 1 heterocycles. The fourth-order valence-electron chi connectivity index (χ4n) is 5.60. The van der Waals surface area contributed by atoms with Crippen molar-refractivity contribution in [3.05, 3.63) is 125 Å². The molecule has 0 bridgehead atoms. The van der Waals surface area contributed by atoms with Gasteiger partial charge in [-0.25, -0.2) is 0 Å². The first kappa shape index (κ1) is 24.6. The van der Waals surface area contributed by atoms with Crippen molar-refractivity contribution in [3.8, 4) is 5.75 Å². The molecule has 37 heavy (non-hydrogen) atoms. The van der Waals surface area contributed by atoms with Gasteiger partial charge in [-0.05, 0) is 60.4 Å². The van der Waals surface area contributed by atoms with Crippen LogP contribution in [0.15, 0.2) is 97.1 Å². The van der Waals surface area contributed by atoms with Crippen molar-refractivity contribution in [2.24, 2.45) is 0 Å². The second kappa shape index (κ2) is 9.78. The van der Waals surface area contributed by atoms with E-state index in [0.29, 0.717) is 12.2 Å². The number of benzene rings is 4. The number of hydrogen-bond donors (Lipinski definition) is 0. The second-order valence-electron chi connectivity index (χ2n) is 10.4. The number of fused-ring (bicyclic) bond motifs is 1. The van der Waals surface area contributed by atoms with E-state index >= 15 is 0 Å². The highest BCUT2D eigenvalue weighted by Crippen LogP contribution is 2.53. The molecule has 0 spiro atoms. The van der Waals surface area contributed by atoms with E-state index in [1.54, 1.807) is 0 Å². The van der Waals surface area contributed by atoms with Crippen LogP contribution in [0.3, 0.4) is 0 Å². The predicted octanol–water partition coefficient (Wildman–Crippen LogP) is 6.36. The van der Waals surface area contributed by atoms with E-state index in [-0.39, 0.29) is 11.9 Å². The van der Waals surface area contributed by atoms with Crippen molar-refractivity contribution in [1.29, 1.82) is 0 Å². The van der Waals surface area contributed by atoms with E-state index < -0.39 is 5.41 Å². The fraction of sp³-hybridized carbons (Fsp3) is 0.242. The molecule has 0 aromatic heterocycles. The Morgan fingerprint density at radius 1 is 0.730 bits per heavy atom. The minimum Gasteiger partial charge on any atom is -0.426 e. The van der Waals surface area contributed by atoms with Crippen molar-refractivity contribution in [2.75, 3.05) is 38.0 Å². The van der Waals surface area contributed by atoms with Crippen LogP contribution in [0.4, 0.5) is 11.4 Å². The van der Waals surface area contributed by atoms with Gasteiger partial charge in [-0.3, -0.25) is 4.79 Å². The number of anilines is 2. The largest absolute Gasteiger partial charge is 0.426 e. The second-order valence-corrected chi connectivity index (χ2v) is 10.4. The zero-order valence-electron chi connectivity index (χ0n) is 22.2. The number of rotatable bonds is 7. The Labute approximate surface area is 220 Å². The van der Waals surface area contributed by atoms with Crippen LogP contribution >= 0.6 is 0 Å². The average Bonchev–Trinajstić information content (AvgIpc) is 3.16. The van der Waals surface area contributed by atoms with Crippen LogP contribution in [0.25, 0.3) is 0 Å². The van der Waals surface area contributed by atoms with Gasteiger partial charge in [0.25, 0.3) is 0 Å². The van der Waals surface area contributed by atoms with Gasteiger partial charge in [0.05, 0.1) is 0 Å². The smallest absolute Gasteiger partial charge is 0.323 e. The van der Waals surface area contributed by atoms with Gasteiger partial charge in [0, 0.05) is 51.0 Å². The maximum absolute atomic E-state index is 14.1. The van der Waals surface area contributed by atoms with Gasteiger partial charge in [-0.15, -0.1) is 0 Å². The van der Waals surface area contributed by atoms with E-state index in [1.807, 2.05) is 46.4 Å². The maximum atomic E-state index is 14.1. The topological polar surface area (TPSA) is 32.8 Å². The molecule has 4 heteroatoms. The van der Waals surface area contributed by atoms with Crippen molar-refractivity contribution >= 4 is 17.3 Å². The lowest BCUT2D eigenvalue weighted by Crippen LogP contribution is -2.43. The van der Waals surface area contributed by atoms with Crippen molar-refractivity contribution in [2.45, 2.75) is 24.7 Å². The van der Waals surface area contributed by atoms with E-state index in [2.05, 4.69) is 95.6 Å². The summed E-state index contributed by atoms with van der Waals surface area (Å²) in [7, 11) is 8.15. The first-order valence-corrected chi connectivity index (χ1v) is 12.7. The number of aryl methyl sites for hydroxylation is 1. The Morgan fingerprint density at radius 3 is 1.84 bits per heavy atom. The molecule has 1 atom stereocenters. The summed E-state index contributed by atoms with van der Waals surface area (Å²) in [6.45, 7) is 2.09. The standard InChI is InChI=1S/C33H34N2O2/c1-23-9-8-10-24(21-23)22-33(29-11-6-7-12-30(29)37-32(33)36)31(25-13-17-27(18-14-25)34(2)3)26-15-19-28(20-16-26)35(4)5/h6-21,31H,22H2,1-5H3/t33-/m1/s1. The van der Waals surface area contributed by atoms with Crippen molar-refractivity contribution in [1.82, 2.24) is 0 Å². The van der Waals surface area contributed by atoms with E-state index in [0.717, 1.165) is 33.6 Å². The lowest BCUT2D eigenvalue weighted by Gasteiger charge is -2.36. The minimum absolute atomic E-state index is 0.200. The minimum atomic E-state index is -0.913. The van der Waals surface area contributed by atoms with E-state index in [4.69, 9.17) is 4.74 Å². The highest BCUT2D eigenvalue weighted by Gasteiger charge is 2.55. The Bertz CT molecular complexity index is 1360. The highest BCUT2D eigenvalue weighted by atomic mass is 16.5. The van der Waals surface area contributed by atoms with Crippen LogP contribution in [-0.4, -0.2) is 34.2 Å². The summed E-state index contributed by atoms with van der Waals surface area (Å²) in [6, 6.07) is 33.5. The molecule has 188 valence electrons. The third-order valence-corrected chi connectivity index (χ3v) is 7.48. The number of hydrogen-bond acceptors (Lipinski definition) is 4. The number of esters is 1. The molecule has 0 unspecified atom stereocenters. The summed E-state index contributed by atoms with van der Waals surface area (Å²) in [4.78, 5) is 18.3. The van der Waals surface area contributed by atoms with Crippen LogP contribution in [0.5, 0.6) is 5.75 Å². The normalized spacial score (nSPS) is 16.4. The summed E-state index contributed by atoms with van der Waals surface area (Å²) in [5.74, 6) is 0.213.